The van der Waals surface area contributed by atoms with Crippen LogP contribution in [0.2, 0.25) is 0 Å². The van der Waals surface area contributed by atoms with E-state index in [-0.39, 0.29) is 6.42 Å². The van der Waals surface area contributed by atoms with Crippen molar-refractivity contribution in [3.8, 4) is 0 Å². The Morgan fingerprint density at radius 3 is 2.68 bits per heavy atom. The van der Waals surface area contributed by atoms with E-state index in [9.17, 15) is 4.79 Å². The molecule has 19 heavy (non-hydrogen) atoms. The molecule has 5 heteroatoms. The number of nitrogens with zero attached hydrogens (tertiary/aromatic N) is 1. The first-order chi connectivity index (χ1) is 9.20. The van der Waals surface area contributed by atoms with E-state index in [4.69, 9.17) is 15.4 Å². The van der Waals surface area contributed by atoms with Gasteiger partial charge in [-0.1, -0.05) is 35.5 Å². The van der Waals surface area contributed by atoms with Crippen LogP contribution in [-0.4, -0.2) is 16.2 Å². The number of hydrogen-bond acceptors (Lipinski definition) is 4. The van der Waals surface area contributed by atoms with Crippen LogP contribution in [0.3, 0.4) is 0 Å². The van der Waals surface area contributed by atoms with Crippen LogP contribution in [0.25, 0.3) is 0 Å². The molecule has 0 aliphatic heterocycles. The number of carboxylic acid groups (broad SMARTS) is 1. The summed E-state index contributed by atoms with van der Waals surface area (Å²) in [5, 5.41) is 12.6. The molecule has 0 spiro atoms. The van der Waals surface area contributed by atoms with Gasteiger partial charge in [-0.3, -0.25) is 4.79 Å². The molecule has 0 bridgehead atoms. The number of rotatable bonds is 6. The number of aryl methyl sites for hydroxylation is 1. The average Bonchev–Trinajstić information content (AvgIpc) is 2.79. The summed E-state index contributed by atoms with van der Waals surface area (Å²) in [6, 6.07) is 9.86. The van der Waals surface area contributed by atoms with Gasteiger partial charge in [-0.15, -0.1) is 0 Å². The van der Waals surface area contributed by atoms with Gasteiger partial charge in [0.2, 0.25) is 0 Å². The third kappa shape index (κ3) is 3.42. The lowest BCUT2D eigenvalue weighted by molar-refractivity contribution is -0.136. The normalized spacial score (nSPS) is 10.6. The van der Waals surface area contributed by atoms with Crippen molar-refractivity contribution in [3.63, 3.8) is 0 Å². The van der Waals surface area contributed by atoms with Gasteiger partial charge in [-0.25, -0.2) is 0 Å². The van der Waals surface area contributed by atoms with Crippen molar-refractivity contribution in [2.24, 2.45) is 5.73 Å². The predicted octanol–water partition coefficient (Wildman–Crippen LogP) is 1.74. The maximum atomic E-state index is 10.6. The van der Waals surface area contributed by atoms with E-state index in [1.807, 2.05) is 30.3 Å². The van der Waals surface area contributed by atoms with Crippen LogP contribution >= 0.6 is 0 Å². The van der Waals surface area contributed by atoms with Crippen LogP contribution in [0.5, 0.6) is 0 Å². The summed E-state index contributed by atoms with van der Waals surface area (Å²) in [5.74, 6) is -0.135. The summed E-state index contributed by atoms with van der Waals surface area (Å²) >= 11 is 0. The molecule has 0 atom stereocenters. The van der Waals surface area contributed by atoms with Gasteiger partial charge in [0.25, 0.3) is 0 Å². The van der Waals surface area contributed by atoms with Crippen LogP contribution in [0.1, 0.15) is 29.0 Å². The van der Waals surface area contributed by atoms with E-state index >= 15 is 0 Å². The van der Waals surface area contributed by atoms with Crippen molar-refractivity contribution >= 4 is 5.97 Å². The fourth-order valence-electron chi connectivity index (χ4n) is 1.96. The van der Waals surface area contributed by atoms with Gasteiger partial charge in [0.15, 0.2) is 0 Å². The van der Waals surface area contributed by atoms with E-state index in [0.717, 1.165) is 11.1 Å². The van der Waals surface area contributed by atoms with Gasteiger partial charge in [0, 0.05) is 24.9 Å². The summed E-state index contributed by atoms with van der Waals surface area (Å²) in [6.45, 7) is 0.306. The second-order valence-electron chi connectivity index (χ2n) is 4.29. The fourth-order valence-corrected chi connectivity index (χ4v) is 1.96. The third-order valence-corrected chi connectivity index (χ3v) is 2.94. The van der Waals surface area contributed by atoms with E-state index in [1.165, 1.54) is 0 Å². The van der Waals surface area contributed by atoms with Crippen LogP contribution in [-0.2, 0) is 24.2 Å². The largest absolute Gasteiger partial charge is 0.481 e. The van der Waals surface area contributed by atoms with Crippen molar-refractivity contribution in [2.45, 2.75) is 25.8 Å². The van der Waals surface area contributed by atoms with E-state index in [2.05, 4.69) is 5.16 Å². The summed E-state index contributed by atoms with van der Waals surface area (Å²) < 4.78 is 5.30. The first kappa shape index (κ1) is 13.3. The lowest BCUT2D eigenvalue weighted by Crippen LogP contribution is -2.05. The summed E-state index contributed by atoms with van der Waals surface area (Å²) in [5.41, 5.74) is 8.29. The Labute approximate surface area is 111 Å². The van der Waals surface area contributed by atoms with Gasteiger partial charge < -0.3 is 15.4 Å². The van der Waals surface area contributed by atoms with Crippen molar-refractivity contribution < 1.29 is 14.4 Å². The average molecular weight is 260 g/mol. The molecule has 1 aromatic heterocycles. The Hall–Kier alpha value is -2.14. The Kier molecular flexibility index (Phi) is 4.30. The molecule has 2 aromatic rings. The van der Waals surface area contributed by atoms with Gasteiger partial charge in [-0.2, -0.15) is 0 Å². The molecule has 1 heterocycles. The number of hydrogen-bond donors (Lipinski definition) is 2. The maximum absolute atomic E-state index is 10.6. The van der Waals surface area contributed by atoms with Gasteiger partial charge >= 0.3 is 5.97 Å². The molecule has 0 fully saturated rings. The Morgan fingerprint density at radius 1 is 1.32 bits per heavy atom. The van der Waals surface area contributed by atoms with Crippen molar-refractivity contribution in [1.29, 1.82) is 0 Å². The number of aliphatic carboxylic acids is 1. The monoisotopic (exact) mass is 260 g/mol. The minimum absolute atomic E-state index is 0.0321. The topological polar surface area (TPSA) is 89.4 Å². The minimum atomic E-state index is -0.851. The number of benzene rings is 1. The number of aromatic nitrogens is 1. The zero-order valence-electron chi connectivity index (χ0n) is 10.5. The molecular formula is C14H16N2O3. The van der Waals surface area contributed by atoms with Crippen LogP contribution in [0.15, 0.2) is 34.9 Å². The molecule has 0 saturated carbocycles. The van der Waals surface area contributed by atoms with Gasteiger partial charge in [0.1, 0.15) is 5.76 Å². The van der Waals surface area contributed by atoms with Gasteiger partial charge in [-0.05, 0) is 5.56 Å². The second-order valence-corrected chi connectivity index (χ2v) is 4.29. The van der Waals surface area contributed by atoms with E-state index < -0.39 is 5.97 Å². The Morgan fingerprint density at radius 2 is 2.05 bits per heavy atom. The quantitative estimate of drug-likeness (QED) is 0.825. The lowest BCUT2D eigenvalue weighted by Gasteiger charge is -2.01. The summed E-state index contributed by atoms with van der Waals surface area (Å²) in [4.78, 5) is 10.6. The van der Waals surface area contributed by atoms with Crippen molar-refractivity contribution in [2.75, 3.05) is 0 Å². The molecule has 5 nitrogen and oxygen atoms in total. The zero-order chi connectivity index (χ0) is 13.7. The van der Waals surface area contributed by atoms with Crippen LogP contribution in [0.4, 0.5) is 0 Å². The molecule has 0 aliphatic carbocycles. The standard InChI is InChI=1S/C14H16N2O3/c15-9-11-12(6-7-14(17)18)16-19-13(11)8-10-4-2-1-3-5-10/h1-5H,6-9,15H2,(H,17,18). The summed E-state index contributed by atoms with van der Waals surface area (Å²) in [6.07, 6.45) is 0.998. The number of carboxylic acids is 1. The highest BCUT2D eigenvalue weighted by atomic mass is 16.5. The molecule has 100 valence electrons. The third-order valence-electron chi connectivity index (χ3n) is 2.94. The van der Waals surface area contributed by atoms with Gasteiger partial charge in [0.05, 0.1) is 12.1 Å². The van der Waals surface area contributed by atoms with Crippen molar-refractivity contribution in [3.05, 3.63) is 52.9 Å². The molecule has 0 unspecified atom stereocenters. The molecular weight excluding hydrogens is 244 g/mol. The van der Waals surface area contributed by atoms with E-state index in [1.54, 1.807) is 0 Å². The van der Waals surface area contributed by atoms with Crippen LogP contribution in [0, 0.1) is 0 Å². The van der Waals surface area contributed by atoms with Crippen LogP contribution < -0.4 is 5.73 Å². The molecule has 0 radical (unpaired) electrons. The zero-order valence-corrected chi connectivity index (χ0v) is 10.5. The highest BCUT2D eigenvalue weighted by molar-refractivity contribution is 5.67. The Bertz CT molecular complexity index is 549. The molecule has 1 aromatic carbocycles. The lowest BCUT2D eigenvalue weighted by atomic mass is 10.0. The first-order valence-corrected chi connectivity index (χ1v) is 6.12. The molecule has 0 saturated heterocycles. The summed E-state index contributed by atoms with van der Waals surface area (Å²) in [7, 11) is 0. The predicted molar refractivity (Wildman–Crippen MR) is 69.6 cm³/mol. The molecule has 2 rings (SSSR count). The minimum Gasteiger partial charge on any atom is -0.481 e. The smallest absolute Gasteiger partial charge is 0.303 e. The fraction of sp³-hybridized carbons (Fsp3) is 0.286. The molecule has 0 amide bonds. The highest BCUT2D eigenvalue weighted by Gasteiger charge is 2.15. The number of carbonyl (C=O) groups is 1. The first-order valence-electron chi connectivity index (χ1n) is 6.12. The SMILES string of the molecule is NCc1c(CCC(=O)O)noc1Cc1ccccc1. The number of nitrogens with two attached hydrogens (primary N) is 1. The second kappa shape index (κ2) is 6.15. The molecule has 0 aliphatic rings. The Balaban J connectivity index is 2.15. The highest BCUT2D eigenvalue weighted by Crippen LogP contribution is 2.19. The maximum Gasteiger partial charge on any atom is 0.303 e. The molecule has 3 N–H and O–H groups in total. The van der Waals surface area contributed by atoms with Crippen molar-refractivity contribution in [1.82, 2.24) is 5.16 Å². The van der Waals surface area contributed by atoms with E-state index in [0.29, 0.717) is 30.8 Å².